The maximum atomic E-state index is 12.8. The molecular formula is C25H30N6O3. The number of nitrogens with zero attached hydrogens (tertiary/aromatic N) is 4. The number of carbonyl (C=O) groups excluding carboxylic acids is 3. The van der Waals surface area contributed by atoms with Crippen molar-refractivity contribution < 1.29 is 14.4 Å². The first-order chi connectivity index (χ1) is 16.4. The Kier molecular flexibility index (Phi) is 7.22. The second-order valence-electron chi connectivity index (χ2n) is 8.52. The highest BCUT2D eigenvalue weighted by Gasteiger charge is 2.28. The van der Waals surface area contributed by atoms with Crippen LogP contribution in [0.15, 0.2) is 61.1 Å². The van der Waals surface area contributed by atoms with E-state index in [2.05, 4.69) is 10.3 Å². The van der Waals surface area contributed by atoms with Crippen molar-refractivity contribution in [2.24, 2.45) is 5.73 Å². The molecule has 0 radical (unpaired) electrons. The molecule has 4 rings (SSSR count). The smallest absolute Gasteiger partial charge is 0.244 e. The van der Waals surface area contributed by atoms with Gasteiger partial charge in [0.25, 0.3) is 0 Å². The minimum atomic E-state index is -0.834. The number of aromatic nitrogens is 2. The largest absolute Gasteiger partial charge is 0.346 e. The fourth-order valence-electron chi connectivity index (χ4n) is 4.22. The van der Waals surface area contributed by atoms with Gasteiger partial charge in [-0.25, -0.2) is 0 Å². The Morgan fingerprint density at radius 2 is 1.74 bits per heavy atom. The van der Waals surface area contributed by atoms with Crippen LogP contribution in [0.1, 0.15) is 24.9 Å². The lowest BCUT2D eigenvalue weighted by Crippen LogP contribution is -2.55. The Balaban J connectivity index is 1.23. The highest BCUT2D eigenvalue weighted by atomic mass is 16.2. The number of nitrogens with two attached hydrogens (primary N) is 1. The van der Waals surface area contributed by atoms with Gasteiger partial charge in [0.1, 0.15) is 12.1 Å². The molecule has 3 heterocycles. The first-order valence-electron chi connectivity index (χ1n) is 11.5. The Bertz CT molecular complexity index is 1150. The molecule has 9 heteroatoms. The van der Waals surface area contributed by atoms with Crippen LogP contribution in [0.4, 0.5) is 0 Å². The molecule has 34 heavy (non-hydrogen) atoms. The summed E-state index contributed by atoms with van der Waals surface area (Å²) < 4.78 is 2.03. The van der Waals surface area contributed by atoms with Gasteiger partial charge in [-0.3, -0.25) is 19.4 Å². The zero-order valence-corrected chi connectivity index (χ0v) is 19.3. The van der Waals surface area contributed by atoms with Gasteiger partial charge in [0.2, 0.25) is 17.7 Å². The molecule has 178 valence electrons. The van der Waals surface area contributed by atoms with E-state index < -0.39 is 18.0 Å². The summed E-state index contributed by atoms with van der Waals surface area (Å²) >= 11 is 0. The zero-order valence-electron chi connectivity index (χ0n) is 19.3. The molecule has 2 atom stereocenters. The molecule has 3 N–H and O–H groups in total. The maximum absolute atomic E-state index is 12.8. The number of hydrogen-bond donors (Lipinski definition) is 2. The van der Waals surface area contributed by atoms with Crippen molar-refractivity contribution >= 4 is 28.6 Å². The van der Waals surface area contributed by atoms with Crippen molar-refractivity contribution in [2.45, 2.75) is 32.0 Å². The Morgan fingerprint density at radius 3 is 2.47 bits per heavy atom. The molecule has 1 aliphatic heterocycles. The lowest BCUT2D eigenvalue weighted by molar-refractivity contribution is -0.141. The van der Waals surface area contributed by atoms with Crippen LogP contribution in [0.3, 0.4) is 0 Å². The number of hydrogen-bond acceptors (Lipinski definition) is 5. The Morgan fingerprint density at radius 1 is 1.03 bits per heavy atom. The molecule has 0 saturated carbocycles. The third kappa shape index (κ3) is 5.26. The van der Waals surface area contributed by atoms with E-state index in [9.17, 15) is 14.4 Å². The van der Waals surface area contributed by atoms with E-state index in [1.165, 1.54) is 0 Å². The molecule has 3 amide bonds. The quantitative estimate of drug-likeness (QED) is 0.550. The van der Waals surface area contributed by atoms with E-state index >= 15 is 0 Å². The number of carbonyl (C=O) groups is 3. The second-order valence-corrected chi connectivity index (χ2v) is 8.52. The van der Waals surface area contributed by atoms with Crippen molar-refractivity contribution in [3.63, 3.8) is 0 Å². The average Bonchev–Trinajstić information content (AvgIpc) is 3.30. The molecule has 1 fully saturated rings. The minimum absolute atomic E-state index is 0.0630. The highest BCUT2D eigenvalue weighted by Crippen LogP contribution is 2.15. The summed E-state index contributed by atoms with van der Waals surface area (Å²) in [6, 6.07) is 11.5. The number of nitrogens with one attached hydrogen (secondary N) is 1. The van der Waals surface area contributed by atoms with Gasteiger partial charge in [0.15, 0.2) is 0 Å². The van der Waals surface area contributed by atoms with Crippen LogP contribution in [-0.4, -0.2) is 69.3 Å². The van der Waals surface area contributed by atoms with Crippen molar-refractivity contribution in [1.82, 2.24) is 24.7 Å². The van der Waals surface area contributed by atoms with Crippen LogP contribution >= 0.6 is 0 Å². The SMILES string of the molecule is C[C@H](NC(=O)[C@@H](N)c1ccccc1)C(=O)N1CCN(C(=O)CCn2ccc3ccncc32)CC1. The minimum Gasteiger partial charge on any atom is -0.346 e. The average molecular weight is 463 g/mol. The highest BCUT2D eigenvalue weighted by molar-refractivity contribution is 5.90. The monoisotopic (exact) mass is 462 g/mol. The molecule has 2 aromatic heterocycles. The summed E-state index contributed by atoms with van der Waals surface area (Å²) in [6.07, 6.45) is 5.91. The molecule has 3 aromatic rings. The van der Waals surface area contributed by atoms with Crippen LogP contribution in [0.5, 0.6) is 0 Å². The summed E-state index contributed by atoms with van der Waals surface area (Å²) in [6.45, 7) is 4.06. The molecule has 0 unspecified atom stereocenters. The Hall–Kier alpha value is -3.72. The van der Waals surface area contributed by atoms with E-state index in [1.54, 1.807) is 41.2 Å². The normalized spacial score (nSPS) is 15.7. The first kappa shape index (κ1) is 23.4. The first-order valence-corrected chi connectivity index (χ1v) is 11.5. The van der Waals surface area contributed by atoms with E-state index in [0.29, 0.717) is 44.7 Å². The third-order valence-electron chi connectivity index (χ3n) is 6.26. The zero-order chi connectivity index (χ0) is 24.1. The van der Waals surface area contributed by atoms with Gasteiger partial charge in [-0.15, -0.1) is 0 Å². The van der Waals surface area contributed by atoms with Crippen molar-refractivity contribution in [3.8, 4) is 0 Å². The molecule has 0 aliphatic carbocycles. The predicted octanol–water partition coefficient (Wildman–Crippen LogP) is 1.30. The summed E-state index contributed by atoms with van der Waals surface area (Å²) in [5, 5.41) is 3.81. The molecule has 0 bridgehead atoms. The number of aryl methyl sites for hydroxylation is 1. The maximum Gasteiger partial charge on any atom is 0.244 e. The molecule has 1 saturated heterocycles. The van der Waals surface area contributed by atoms with Crippen molar-refractivity contribution in [1.29, 1.82) is 0 Å². The molecule has 0 spiro atoms. The van der Waals surface area contributed by atoms with Gasteiger partial charge in [-0.05, 0) is 24.6 Å². The standard InChI is InChI=1S/C25H30N6O3/c1-18(28-24(33)23(26)20-5-3-2-4-6-20)25(34)31-15-13-30(14-16-31)22(32)9-12-29-11-8-19-7-10-27-17-21(19)29/h2-8,10-11,17-18,23H,9,12-16,26H2,1H3,(H,28,33)/t18-,23-/m0/s1. The van der Waals surface area contributed by atoms with E-state index in [1.807, 2.05) is 41.1 Å². The lowest BCUT2D eigenvalue weighted by Gasteiger charge is -2.36. The van der Waals surface area contributed by atoms with E-state index in [-0.39, 0.29) is 11.8 Å². The third-order valence-corrected chi connectivity index (χ3v) is 6.26. The summed E-state index contributed by atoms with van der Waals surface area (Å²) in [5.74, 6) is -0.506. The number of amides is 3. The summed E-state index contributed by atoms with van der Waals surface area (Å²) in [5.41, 5.74) is 7.72. The fraction of sp³-hybridized carbons (Fsp3) is 0.360. The van der Waals surface area contributed by atoms with Gasteiger partial charge in [0, 0.05) is 56.9 Å². The summed E-state index contributed by atoms with van der Waals surface area (Å²) in [7, 11) is 0. The second kappa shape index (κ2) is 10.5. The molecule has 1 aliphatic rings. The number of fused-ring (bicyclic) bond motifs is 1. The van der Waals surface area contributed by atoms with Crippen LogP contribution < -0.4 is 11.1 Å². The van der Waals surface area contributed by atoms with Crippen molar-refractivity contribution in [2.75, 3.05) is 26.2 Å². The van der Waals surface area contributed by atoms with Gasteiger partial charge in [0.05, 0.1) is 11.7 Å². The number of rotatable bonds is 7. The summed E-state index contributed by atoms with van der Waals surface area (Å²) in [4.78, 5) is 45.7. The van der Waals surface area contributed by atoms with Crippen LogP contribution in [0, 0.1) is 0 Å². The molecule has 1 aromatic carbocycles. The van der Waals surface area contributed by atoms with Gasteiger partial charge in [-0.2, -0.15) is 0 Å². The van der Waals surface area contributed by atoms with Crippen molar-refractivity contribution in [3.05, 3.63) is 66.6 Å². The number of benzene rings is 1. The number of pyridine rings is 1. The van der Waals surface area contributed by atoms with E-state index in [4.69, 9.17) is 5.73 Å². The molecule has 9 nitrogen and oxygen atoms in total. The Labute approximate surface area is 198 Å². The van der Waals surface area contributed by atoms with Crippen LogP contribution in [0.2, 0.25) is 0 Å². The number of piperazine rings is 1. The van der Waals surface area contributed by atoms with Crippen LogP contribution in [-0.2, 0) is 20.9 Å². The predicted molar refractivity (Wildman–Crippen MR) is 128 cm³/mol. The van der Waals surface area contributed by atoms with Crippen LogP contribution in [0.25, 0.3) is 10.9 Å². The van der Waals surface area contributed by atoms with Gasteiger partial charge in [-0.1, -0.05) is 30.3 Å². The topological polar surface area (TPSA) is 114 Å². The molecular weight excluding hydrogens is 432 g/mol. The van der Waals surface area contributed by atoms with E-state index in [0.717, 1.165) is 10.9 Å². The lowest BCUT2D eigenvalue weighted by atomic mass is 10.1. The van der Waals surface area contributed by atoms with Gasteiger partial charge < -0.3 is 25.4 Å². The van der Waals surface area contributed by atoms with Gasteiger partial charge >= 0.3 is 0 Å². The fourth-order valence-corrected chi connectivity index (χ4v) is 4.22.